The lowest BCUT2D eigenvalue weighted by Gasteiger charge is -2.18. The summed E-state index contributed by atoms with van der Waals surface area (Å²) >= 11 is 1.55. The van der Waals surface area contributed by atoms with E-state index < -0.39 is 5.41 Å². The van der Waals surface area contributed by atoms with Gasteiger partial charge in [0, 0.05) is 10.9 Å². The van der Waals surface area contributed by atoms with Crippen LogP contribution < -0.4 is 0 Å². The first-order valence-corrected chi connectivity index (χ1v) is 7.60. The first kappa shape index (κ1) is 14.7. The molecule has 0 aliphatic rings. The van der Waals surface area contributed by atoms with E-state index in [4.69, 9.17) is 5.26 Å². The number of nitrogens with zero attached hydrogens (tertiary/aromatic N) is 2. The van der Waals surface area contributed by atoms with Gasteiger partial charge in [-0.1, -0.05) is 45.0 Å². The molecule has 0 amide bonds. The first-order valence-electron chi connectivity index (χ1n) is 6.72. The molecule has 1 aromatic carbocycles. The van der Waals surface area contributed by atoms with E-state index in [-0.39, 0.29) is 5.41 Å². The Kier molecular flexibility index (Phi) is 3.71. The molecule has 2 nitrogen and oxygen atoms in total. The van der Waals surface area contributed by atoms with Crippen LogP contribution >= 0.6 is 11.3 Å². The number of hydrogen-bond acceptors (Lipinski definition) is 3. The molecular formula is C17H20N2S. The predicted octanol–water partition coefficient (Wildman–Crippen LogP) is 4.91. The van der Waals surface area contributed by atoms with Crippen molar-refractivity contribution in [1.29, 1.82) is 5.26 Å². The maximum absolute atomic E-state index is 9.17. The average molecular weight is 284 g/mol. The number of hydrogen-bond donors (Lipinski definition) is 0. The SMILES string of the molecule is CC(C)(C)c1ccc(-c2csc(C(C)(C)C#N)n2)cc1. The monoisotopic (exact) mass is 284 g/mol. The summed E-state index contributed by atoms with van der Waals surface area (Å²) in [6.45, 7) is 10.4. The van der Waals surface area contributed by atoms with Crippen molar-refractivity contribution < 1.29 is 0 Å². The zero-order valence-electron chi connectivity index (χ0n) is 12.7. The molecule has 1 aromatic heterocycles. The van der Waals surface area contributed by atoms with Gasteiger partial charge in [-0.25, -0.2) is 4.98 Å². The van der Waals surface area contributed by atoms with E-state index in [9.17, 15) is 0 Å². The van der Waals surface area contributed by atoms with Gasteiger partial charge >= 0.3 is 0 Å². The summed E-state index contributed by atoms with van der Waals surface area (Å²) in [6, 6.07) is 10.8. The summed E-state index contributed by atoms with van der Waals surface area (Å²) < 4.78 is 0. The zero-order chi connectivity index (χ0) is 15.0. The van der Waals surface area contributed by atoms with Crippen LogP contribution in [0.5, 0.6) is 0 Å². The summed E-state index contributed by atoms with van der Waals surface area (Å²) in [5.41, 5.74) is 3.01. The third-order valence-electron chi connectivity index (χ3n) is 3.37. The molecule has 0 saturated carbocycles. The summed E-state index contributed by atoms with van der Waals surface area (Å²) in [5, 5.41) is 12.1. The topological polar surface area (TPSA) is 36.7 Å². The molecule has 0 bridgehead atoms. The van der Waals surface area contributed by atoms with Gasteiger partial charge < -0.3 is 0 Å². The highest BCUT2D eigenvalue weighted by Crippen LogP contribution is 2.31. The molecule has 20 heavy (non-hydrogen) atoms. The molecule has 3 heteroatoms. The highest BCUT2D eigenvalue weighted by Gasteiger charge is 2.24. The first-order chi connectivity index (χ1) is 9.24. The van der Waals surface area contributed by atoms with Gasteiger partial charge in [0.2, 0.25) is 0 Å². The zero-order valence-corrected chi connectivity index (χ0v) is 13.5. The van der Waals surface area contributed by atoms with Crippen molar-refractivity contribution in [2.75, 3.05) is 0 Å². The summed E-state index contributed by atoms with van der Waals surface area (Å²) in [4.78, 5) is 4.61. The molecule has 0 aliphatic heterocycles. The van der Waals surface area contributed by atoms with Gasteiger partial charge in [0.1, 0.15) is 10.4 Å². The molecule has 0 atom stereocenters. The van der Waals surface area contributed by atoms with Crippen LogP contribution in [0.15, 0.2) is 29.6 Å². The van der Waals surface area contributed by atoms with Gasteiger partial charge in [-0.3, -0.25) is 0 Å². The molecule has 104 valence electrons. The maximum atomic E-state index is 9.17. The number of thiazole rings is 1. The molecule has 0 radical (unpaired) electrons. The van der Waals surface area contributed by atoms with Crippen LogP contribution in [0.25, 0.3) is 11.3 Å². The predicted molar refractivity (Wildman–Crippen MR) is 84.9 cm³/mol. The third-order valence-corrected chi connectivity index (χ3v) is 4.53. The highest BCUT2D eigenvalue weighted by atomic mass is 32.1. The Labute approximate surface area is 125 Å². The fourth-order valence-corrected chi connectivity index (χ4v) is 2.79. The quantitative estimate of drug-likeness (QED) is 0.785. The molecule has 2 aromatic rings. The molecule has 1 heterocycles. The van der Waals surface area contributed by atoms with E-state index >= 15 is 0 Å². The van der Waals surface area contributed by atoms with Gasteiger partial charge in [0.15, 0.2) is 0 Å². The molecule has 0 N–H and O–H groups in total. The number of nitriles is 1. The van der Waals surface area contributed by atoms with Crippen molar-refractivity contribution in [3.63, 3.8) is 0 Å². The van der Waals surface area contributed by atoms with E-state index in [1.54, 1.807) is 11.3 Å². The van der Waals surface area contributed by atoms with Gasteiger partial charge in [-0.05, 0) is 24.8 Å². The Bertz CT molecular complexity index is 637. The van der Waals surface area contributed by atoms with Gasteiger partial charge in [-0.15, -0.1) is 11.3 Å². The van der Waals surface area contributed by atoms with Crippen LogP contribution in [-0.2, 0) is 10.8 Å². The molecule has 0 saturated heterocycles. The van der Waals surface area contributed by atoms with Crippen LogP contribution in [0, 0.1) is 11.3 Å². The number of rotatable bonds is 2. The van der Waals surface area contributed by atoms with E-state index in [0.717, 1.165) is 16.3 Å². The van der Waals surface area contributed by atoms with Gasteiger partial charge in [-0.2, -0.15) is 5.26 Å². The Hall–Kier alpha value is -1.66. The van der Waals surface area contributed by atoms with E-state index in [1.165, 1.54) is 5.56 Å². The maximum Gasteiger partial charge on any atom is 0.113 e. The smallest absolute Gasteiger partial charge is 0.113 e. The average Bonchev–Trinajstić information content (AvgIpc) is 2.88. The number of aromatic nitrogens is 1. The fourth-order valence-electron chi connectivity index (χ4n) is 1.88. The van der Waals surface area contributed by atoms with Crippen LogP contribution in [0.2, 0.25) is 0 Å². The van der Waals surface area contributed by atoms with Crippen LogP contribution in [0.4, 0.5) is 0 Å². The Morgan fingerprint density at radius 3 is 2.15 bits per heavy atom. The summed E-state index contributed by atoms with van der Waals surface area (Å²) in [6.07, 6.45) is 0. The lowest BCUT2D eigenvalue weighted by atomic mass is 9.86. The summed E-state index contributed by atoms with van der Waals surface area (Å²) in [5.74, 6) is 0. The van der Waals surface area contributed by atoms with Crippen LogP contribution in [0.1, 0.15) is 45.2 Å². The van der Waals surface area contributed by atoms with Crippen LogP contribution in [-0.4, -0.2) is 4.98 Å². The standard InChI is InChI=1S/C17H20N2S/c1-16(2,3)13-8-6-12(7-9-13)14-10-20-15(19-14)17(4,5)11-18/h6-10H,1-5H3. The minimum absolute atomic E-state index is 0.161. The van der Waals surface area contributed by atoms with E-state index in [2.05, 4.69) is 56.1 Å². The largest absolute Gasteiger partial charge is 0.240 e. The van der Waals surface area contributed by atoms with Crippen molar-refractivity contribution in [3.8, 4) is 17.3 Å². The second kappa shape index (κ2) is 5.03. The second-order valence-electron chi connectivity index (χ2n) is 6.60. The Balaban J connectivity index is 2.32. The minimum Gasteiger partial charge on any atom is -0.240 e. The second-order valence-corrected chi connectivity index (χ2v) is 7.46. The Morgan fingerprint density at radius 2 is 1.65 bits per heavy atom. The third kappa shape index (κ3) is 2.91. The summed E-state index contributed by atoms with van der Waals surface area (Å²) in [7, 11) is 0. The fraction of sp³-hybridized carbons (Fsp3) is 0.412. The molecular weight excluding hydrogens is 264 g/mol. The van der Waals surface area contributed by atoms with Crippen molar-refractivity contribution in [2.24, 2.45) is 0 Å². The number of benzene rings is 1. The minimum atomic E-state index is -0.520. The van der Waals surface area contributed by atoms with Crippen LogP contribution in [0.3, 0.4) is 0 Å². The molecule has 2 rings (SSSR count). The van der Waals surface area contributed by atoms with Crippen molar-refractivity contribution in [3.05, 3.63) is 40.2 Å². The van der Waals surface area contributed by atoms with E-state index in [0.29, 0.717) is 0 Å². The van der Waals surface area contributed by atoms with Crippen molar-refractivity contribution in [1.82, 2.24) is 4.98 Å². The normalized spacial score (nSPS) is 12.2. The highest BCUT2D eigenvalue weighted by molar-refractivity contribution is 7.10. The van der Waals surface area contributed by atoms with Crippen molar-refractivity contribution in [2.45, 2.75) is 45.4 Å². The Morgan fingerprint density at radius 1 is 1.05 bits per heavy atom. The van der Waals surface area contributed by atoms with Gasteiger partial charge in [0.05, 0.1) is 11.8 Å². The molecule has 0 spiro atoms. The molecule has 0 aliphatic carbocycles. The lowest BCUT2D eigenvalue weighted by molar-refractivity contribution is 0.590. The van der Waals surface area contributed by atoms with Gasteiger partial charge in [0.25, 0.3) is 0 Å². The van der Waals surface area contributed by atoms with E-state index in [1.807, 2.05) is 19.2 Å². The lowest BCUT2D eigenvalue weighted by Crippen LogP contribution is -2.13. The molecule has 0 fully saturated rings. The van der Waals surface area contributed by atoms with Crippen molar-refractivity contribution >= 4 is 11.3 Å². The molecule has 0 unspecified atom stereocenters.